The van der Waals surface area contributed by atoms with Crippen LogP contribution in [0.5, 0.6) is 0 Å². The van der Waals surface area contributed by atoms with Crippen LogP contribution in [0.4, 0.5) is 5.69 Å². The molecule has 0 atom stereocenters. The third-order valence-corrected chi connectivity index (χ3v) is 2.65. The number of rotatable bonds is 5. The number of nitrogens with two attached hydrogens (primary N) is 1. The van der Waals surface area contributed by atoms with Crippen molar-refractivity contribution >= 4 is 29.3 Å². The van der Waals surface area contributed by atoms with Gasteiger partial charge in [-0.3, -0.25) is 14.9 Å². The first-order chi connectivity index (χ1) is 8.54. The highest BCUT2D eigenvalue weighted by molar-refractivity contribution is 7.97. The van der Waals surface area contributed by atoms with E-state index in [0.717, 1.165) is 17.5 Å². The van der Waals surface area contributed by atoms with Gasteiger partial charge in [0, 0.05) is 17.9 Å². The molecular formula is C10H8N4O3S. The molecule has 8 heteroatoms. The fourth-order valence-electron chi connectivity index (χ4n) is 1.01. The van der Waals surface area contributed by atoms with Gasteiger partial charge < -0.3 is 5.73 Å². The second kappa shape index (κ2) is 6.36. The van der Waals surface area contributed by atoms with E-state index in [1.54, 1.807) is 18.2 Å². The van der Waals surface area contributed by atoms with E-state index in [1.807, 2.05) is 0 Å². The lowest BCUT2D eigenvalue weighted by Crippen LogP contribution is -2.21. The van der Waals surface area contributed by atoms with Gasteiger partial charge in [-0.1, -0.05) is 12.1 Å². The SMILES string of the molecule is N#C/C(=N\SCc1ccc([N+](=O)[O-])cc1)C(N)=O. The monoisotopic (exact) mass is 264 g/mol. The van der Waals surface area contributed by atoms with E-state index in [-0.39, 0.29) is 11.4 Å². The third-order valence-electron chi connectivity index (χ3n) is 1.87. The molecule has 1 amide bonds. The Hall–Kier alpha value is -2.40. The number of carbonyl (C=O) groups is 1. The predicted octanol–water partition coefficient (Wildman–Crippen LogP) is 1.19. The topological polar surface area (TPSA) is 122 Å². The Morgan fingerprint density at radius 1 is 1.50 bits per heavy atom. The van der Waals surface area contributed by atoms with Crippen LogP contribution in [-0.2, 0) is 10.5 Å². The van der Waals surface area contributed by atoms with Crippen LogP contribution in [0.25, 0.3) is 0 Å². The van der Waals surface area contributed by atoms with Crippen LogP contribution < -0.4 is 5.73 Å². The van der Waals surface area contributed by atoms with Gasteiger partial charge in [-0.05, 0) is 17.5 Å². The van der Waals surface area contributed by atoms with E-state index in [4.69, 9.17) is 11.0 Å². The summed E-state index contributed by atoms with van der Waals surface area (Å²) in [5.41, 5.74) is 5.33. The van der Waals surface area contributed by atoms with Gasteiger partial charge >= 0.3 is 0 Å². The zero-order chi connectivity index (χ0) is 13.5. The predicted molar refractivity (Wildman–Crippen MR) is 66.6 cm³/mol. The second-order valence-electron chi connectivity index (χ2n) is 3.11. The van der Waals surface area contributed by atoms with Gasteiger partial charge in [-0.15, -0.1) is 0 Å². The van der Waals surface area contributed by atoms with Gasteiger partial charge in [0.05, 0.1) is 4.92 Å². The van der Waals surface area contributed by atoms with Gasteiger partial charge in [0.2, 0.25) is 5.71 Å². The van der Waals surface area contributed by atoms with E-state index < -0.39 is 10.8 Å². The maximum absolute atomic E-state index is 10.7. The molecule has 0 bridgehead atoms. The van der Waals surface area contributed by atoms with E-state index in [0.29, 0.717) is 5.75 Å². The van der Waals surface area contributed by atoms with Crippen LogP contribution >= 0.6 is 11.9 Å². The average molecular weight is 264 g/mol. The number of amides is 1. The molecule has 0 aromatic heterocycles. The minimum atomic E-state index is -0.881. The van der Waals surface area contributed by atoms with Crippen LogP contribution in [-0.4, -0.2) is 16.5 Å². The third kappa shape index (κ3) is 3.88. The summed E-state index contributed by atoms with van der Waals surface area (Å²) in [6, 6.07) is 7.49. The number of carbonyl (C=O) groups excluding carboxylic acids is 1. The molecule has 0 fully saturated rings. The van der Waals surface area contributed by atoms with Crippen molar-refractivity contribution in [3.8, 4) is 6.07 Å². The maximum Gasteiger partial charge on any atom is 0.278 e. The van der Waals surface area contributed by atoms with Gasteiger partial charge in [0.25, 0.3) is 11.6 Å². The zero-order valence-corrected chi connectivity index (χ0v) is 9.88. The van der Waals surface area contributed by atoms with Crippen LogP contribution in [0.1, 0.15) is 5.56 Å². The molecule has 1 aromatic rings. The highest BCUT2D eigenvalue weighted by Gasteiger charge is 2.06. The number of hydrogen-bond donors (Lipinski definition) is 1. The Kier molecular flexibility index (Phi) is 4.83. The largest absolute Gasteiger partial charge is 0.364 e. The summed E-state index contributed by atoms with van der Waals surface area (Å²) in [7, 11) is 0. The summed E-state index contributed by atoms with van der Waals surface area (Å²) in [5.74, 6) is -0.495. The summed E-state index contributed by atoms with van der Waals surface area (Å²) in [4.78, 5) is 20.6. The number of non-ortho nitro benzene ring substituents is 1. The molecule has 0 spiro atoms. The molecule has 1 aromatic carbocycles. The first-order valence-electron chi connectivity index (χ1n) is 4.67. The van der Waals surface area contributed by atoms with E-state index in [2.05, 4.69) is 4.40 Å². The van der Waals surface area contributed by atoms with Crippen LogP contribution in [0.3, 0.4) is 0 Å². The number of nitro groups is 1. The molecule has 0 heterocycles. The molecule has 92 valence electrons. The Morgan fingerprint density at radius 2 is 2.11 bits per heavy atom. The highest BCUT2D eigenvalue weighted by Crippen LogP contribution is 2.17. The Morgan fingerprint density at radius 3 is 2.56 bits per heavy atom. The summed E-state index contributed by atoms with van der Waals surface area (Å²) in [5, 5.41) is 18.9. The quantitative estimate of drug-likeness (QED) is 0.370. The van der Waals surface area contributed by atoms with Gasteiger partial charge in [0.15, 0.2) is 0 Å². The fraction of sp³-hybridized carbons (Fsp3) is 0.100. The second-order valence-corrected chi connectivity index (χ2v) is 3.84. The van der Waals surface area contributed by atoms with Gasteiger partial charge in [-0.25, -0.2) is 0 Å². The number of primary amides is 1. The molecule has 0 radical (unpaired) electrons. The summed E-state index contributed by atoms with van der Waals surface area (Å²) >= 11 is 0.976. The number of benzene rings is 1. The van der Waals surface area contributed by atoms with Crippen molar-refractivity contribution in [2.24, 2.45) is 10.1 Å². The number of hydrogen-bond acceptors (Lipinski definition) is 6. The molecule has 0 aliphatic carbocycles. The summed E-state index contributed by atoms with van der Waals surface area (Å²) in [6.07, 6.45) is 0. The number of nitrogens with zero attached hydrogens (tertiary/aromatic N) is 3. The van der Waals surface area contributed by atoms with Crippen molar-refractivity contribution in [2.45, 2.75) is 5.75 Å². The molecule has 0 saturated heterocycles. The first-order valence-corrected chi connectivity index (χ1v) is 5.62. The Labute approximate surface area is 107 Å². The standard InChI is InChI=1S/C10H8N4O3S/c11-5-9(10(12)15)13-18-6-7-1-3-8(4-2-7)14(16)17/h1-4H,6H2,(H2,12,15)/b13-9+. The van der Waals surface area contributed by atoms with Gasteiger partial charge in [-0.2, -0.15) is 9.66 Å². The highest BCUT2D eigenvalue weighted by atomic mass is 32.2. The van der Waals surface area contributed by atoms with Crippen molar-refractivity contribution in [3.63, 3.8) is 0 Å². The molecule has 1 rings (SSSR count). The van der Waals surface area contributed by atoms with E-state index in [9.17, 15) is 14.9 Å². The average Bonchev–Trinajstić information content (AvgIpc) is 2.34. The number of nitriles is 1. The van der Waals surface area contributed by atoms with E-state index >= 15 is 0 Å². The summed E-state index contributed by atoms with van der Waals surface area (Å²) in [6.45, 7) is 0. The van der Waals surface area contributed by atoms with Crippen LogP contribution in [0, 0.1) is 21.4 Å². The lowest BCUT2D eigenvalue weighted by atomic mass is 10.2. The smallest absolute Gasteiger partial charge is 0.278 e. The molecule has 0 aliphatic heterocycles. The van der Waals surface area contributed by atoms with E-state index in [1.165, 1.54) is 12.1 Å². The molecule has 7 nitrogen and oxygen atoms in total. The first kappa shape index (κ1) is 13.7. The molecule has 18 heavy (non-hydrogen) atoms. The fourth-order valence-corrected chi connectivity index (χ4v) is 1.67. The lowest BCUT2D eigenvalue weighted by molar-refractivity contribution is -0.384. The zero-order valence-electron chi connectivity index (χ0n) is 9.07. The van der Waals surface area contributed by atoms with Crippen LogP contribution in [0.2, 0.25) is 0 Å². The molecule has 0 aliphatic rings. The van der Waals surface area contributed by atoms with Crippen molar-refractivity contribution in [3.05, 3.63) is 39.9 Å². The summed E-state index contributed by atoms with van der Waals surface area (Å²) < 4.78 is 3.66. The Bertz CT molecular complexity index is 533. The minimum absolute atomic E-state index is 0.00195. The molecule has 0 unspecified atom stereocenters. The number of nitro benzene ring substituents is 1. The van der Waals surface area contributed by atoms with Crippen molar-refractivity contribution in [1.29, 1.82) is 5.26 Å². The molecule has 2 N–H and O–H groups in total. The maximum atomic E-state index is 10.7. The van der Waals surface area contributed by atoms with Crippen molar-refractivity contribution < 1.29 is 9.72 Å². The Balaban J connectivity index is 2.62. The molecular weight excluding hydrogens is 256 g/mol. The normalized spacial score (nSPS) is 10.7. The lowest BCUT2D eigenvalue weighted by Gasteiger charge is -1.97. The van der Waals surface area contributed by atoms with Crippen LogP contribution in [0.15, 0.2) is 28.7 Å². The van der Waals surface area contributed by atoms with Crippen molar-refractivity contribution in [1.82, 2.24) is 0 Å². The molecule has 0 saturated carbocycles. The van der Waals surface area contributed by atoms with Crippen molar-refractivity contribution in [2.75, 3.05) is 0 Å². The minimum Gasteiger partial charge on any atom is -0.364 e. The van der Waals surface area contributed by atoms with Gasteiger partial charge in [0.1, 0.15) is 6.07 Å².